The van der Waals surface area contributed by atoms with Gasteiger partial charge in [0.25, 0.3) is 0 Å². The quantitative estimate of drug-likeness (QED) is 0.165. The van der Waals surface area contributed by atoms with Crippen LogP contribution in [0.15, 0.2) is 96.4 Å². The van der Waals surface area contributed by atoms with E-state index in [1.165, 1.54) is 56.3 Å². The molecular weight excluding hydrogens is 780 g/mol. The van der Waals surface area contributed by atoms with Gasteiger partial charge in [0.15, 0.2) is 0 Å². The van der Waals surface area contributed by atoms with Gasteiger partial charge in [-0.05, 0) is 165 Å². The Morgan fingerprint density at radius 1 is 0.475 bits per heavy atom. The molecule has 0 aliphatic heterocycles. The van der Waals surface area contributed by atoms with Gasteiger partial charge in [-0.15, -0.1) is 11.3 Å². The van der Waals surface area contributed by atoms with E-state index >= 15 is 0 Å². The van der Waals surface area contributed by atoms with E-state index in [2.05, 4.69) is 210 Å². The molecule has 8 rings (SSSR count). The van der Waals surface area contributed by atoms with Crippen molar-refractivity contribution >= 4 is 67.1 Å². The van der Waals surface area contributed by atoms with Gasteiger partial charge in [0.05, 0.1) is 22.1 Å². The molecule has 5 aromatic carbocycles. The zero-order valence-corrected chi connectivity index (χ0v) is 41.3. The second kappa shape index (κ2) is 14.8. The first kappa shape index (κ1) is 43.6. The fourth-order valence-electron chi connectivity index (χ4n) is 10.1. The molecule has 0 amide bonds. The molecule has 0 unspecified atom stereocenters. The van der Waals surface area contributed by atoms with E-state index < -0.39 is 0 Å². The van der Waals surface area contributed by atoms with Gasteiger partial charge in [-0.1, -0.05) is 139 Å². The van der Waals surface area contributed by atoms with Crippen molar-refractivity contribution in [2.75, 3.05) is 9.80 Å². The lowest BCUT2D eigenvalue weighted by atomic mass is 9.63. The number of anilines is 6. The fourth-order valence-corrected chi connectivity index (χ4v) is 11.3. The lowest BCUT2D eigenvalue weighted by Crippen LogP contribution is -2.34. The van der Waals surface area contributed by atoms with Crippen LogP contribution in [0.25, 0.3) is 10.1 Å². The van der Waals surface area contributed by atoms with Gasteiger partial charge in [0.2, 0.25) is 0 Å². The largest absolute Gasteiger partial charge is 0.309 e. The lowest BCUT2D eigenvalue weighted by Gasteiger charge is -2.43. The van der Waals surface area contributed by atoms with Crippen molar-refractivity contribution in [2.24, 2.45) is 0 Å². The van der Waals surface area contributed by atoms with E-state index in [0.29, 0.717) is 0 Å². The number of rotatable bonds is 6. The highest BCUT2D eigenvalue weighted by Crippen LogP contribution is 2.54. The van der Waals surface area contributed by atoms with Crippen LogP contribution in [0.1, 0.15) is 162 Å². The van der Waals surface area contributed by atoms with Crippen molar-refractivity contribution < 1.29 is 0 Å². The molecule has 0 fully saturated rings. The van der Waals surface area contributed by atoms with Gasteiger partial charge in [0, 0.05) is 32.5 Å². The van der Waals surface area contributed by atoms with Gasteiger partial charge in [-0.2, -0.15) is 0 Å². The van der Waals surface area contributed by atoms with Crippen molar-refractivity contribution in [2.45, 2.75) is 162 Å². The molecule has 1 aromatic heterocycles. The first-order valence-corrected chi connectivity index (χ1v) is 23.9. The Labute approximate surface area is 377 Å². The number of hydrogen-bond donors (Lipinski definition) is 0. The maximum atomic E-state index is 8.11. The molecule has 2 aliphatic carbocycles. The summed E-state index contributed by atoms with van der Waals surface area (Å²) >= 11 is 9.91. The van der Waals surface area contributed by atoms with Gasteiger partial charge >= 0.3 is 0 Å². The van der Waals surface area contributed by atoms with E-state index in [-0.39, 0.29) is 32.5 Å². The molecule has 0 saturated heterocycles. The van der Waals surface area contributed by atoms with Crippen molar-refractivity contribution in [3.05, 3.63) is 140 Å². The number of benzene rings is 5. The maximum Gasteiger partial charge on any atom is 0.0887 e. The SMILES string of the molecule is Cc1cc(N(c2ccc3c(c2)C(C)(C)CCC3(C)C)c2ccc3c(c2)C(C)(C)CCC3(C)C)c(Cl)c(N(c2ccc(C(C)(C)C)cc2)c2csc3ccc(C(C)(C)C)cc23)c1. The molecule has 0 atom stereocenters. The van der Waals surface area contributed by atoms with Gasteiger partial charge in [-0.3, -0.25) is 0 Å². The molecule has 61 heavy (non-hydrogen) atoms. The minimum atomic E-state index is 0.0124. The van der Waals surface area contributed by atoms with Crippen LogP contribution in [0.2, 0.25) is 5.02 Å². The van der Waals surface area contributed by atoms with Gasteiger partial charge in [-0.25, -0.2) is 0 Å². The van der Waals surface area contributed by atoms with Gasteiger partial charge in [0.1, 0.15) is 0 Å². The van der Waals surface area contributed by atoms with Crippen molar-refractivity contribution in [1.82, 2.24) is 0 Å². The number of hydrogen-bond acceptors (Lipinski definition) is 3. The Morgan fingerprint density at radius 3 is 1.38 bits per heavy atom. The Balaban J connectivity index is 1.41. The van der Waals surface area contributed by atoms with Crippen LogP contribution in [0.3, 0.4) is 0 Å². The normalized spacial score (nSPS) is 17.8. The summed E-state index contributed by atoms with van der Waals surface area (Å²) < 4.78 is 1.27. The van der Waals surface area contributed by atoms with Crippen LogP contribution in [0, 0.1) is 6.92 Å². The van der Waals surface area contributed by atoms with Crippen molar-refractivity contribution in [3.8, 4) is 0 Å². The lowest BCUT2D eigenvalue weighted by molar-refractivity contribution is 0.332. The average molecular weight is 850 g/mol. The van der Waals surface area contributed by atoms with Gasteiger partial charge < -0.3 is 9.80 Å². The average Bonchev–Trinajstić information content (AvgIpc) is 3.60. The standard InChI is InChI=1S/C57H69ClN2S/c1-36-30-47(51(58)48(31-36)60(39-19-16-37(17-20-39)52(2,3)4)49-35-61-50-25-18-38(32-42(49)50)53(5,6)7)59(40-21-23-43-45(33-40)56(12,13)28-26-54(43,8)9)41-22-24-44-46(34-41)57(14,15)29-27-55(44,10)11/h16-25,30-35H,26-29H2,1-15H3. The highest BCUT2D eigenvalue weighted by molar-refractivity contribution is 7.17. The van der Waals surface area contributed by atoms with Crippen LogP contribution in [0.5, 0.6) is 0 Å². The van der Waals surface area contributed by atoms with Crippen LogP contribution in [0.4, 0.5) is 34.1 Å². The third-order valence-electron chi connectivity index (χ3n) is 14.5. The van der Waals surface area contributed by atoms with E-state index in [9.17, 15) is 0 Å². The monoisotopic (exact) mass is 848 g/mol. The highest BCUT2D eigenvalue weighted by Gasteiger charge is 2.40. The summed E-state index contributed by atoms with van der Waals surface area (Å²) in [6.45, 7) is 35.3. The molecular formula is C57H69ClN2S. The smallest absolute Gasteiger partial charge is 0.0887 e. The number of halogens is 1. The van der Waals surface area contributed by atoms with E-state index in [4.69, 9.17) is 11.6 Å². The molecule has 0 spiro atoms. The van der Waals surface area contributed by atoms with Crippen LogP contribution in [-0.2, 0) is 32.5 Å². The zero-order valence-electron chi connectivity index (χ0n) is 39.7. The maximum absolute atomic E-state index is 8.11. The summed E-state index contributed by atoms with van der Waals surface area (Å²) in [6, 6.07) is 35.3. The molecule has 4 heteroatoms. The zero-order chi connectivity index (χ0) is 44.2. The summed E-state index contributed by atoms with van der Waals surface area (Å²) in [4.78, 5) is 4.89. The Kier molecular flexibility index (Phi) is 10.6. The van der Waals surface area contributed by atoms with Crippen LogP contribution < -0.4 is 9.80 Å². The number of aryl methyl sites for hydroxylation is 1. The van der Waals surface area contributed by atoms with E-state index in [0.717, 1.165) is 57.6 Å². The minimum Gasteiger partial charge on any atom is -0.309 e. The molecule has 0 radical (unpaired) electrons. The highest BCUT2D eigenvalue weighted by atomic mass is 35.5. The Morgan fingerprint density at radius 2 is 0.902 bits per heavy atom. The molecule has 1 heterocycles. The summed E-state index contributed by atoms with van der Waals surface area (Å²) in [6.07, 6.45) is 4.67. The van der Waals surface area contributed by atoms with E-state index in [1.807, 2.05) is 0 Å². The van der Waals surface area contributed by atoms with Crippen molar-refractivity contribution in [3.63, 3.8) is 0 Å². The first-order valence-electron chi connectivity index (χ1n) is 22.6. The number of thiophene rings is 1. The Hall–Kier alpha value is -4.05. The molecule has 0 bridgehead atoms. The summed E-state index contributed by atoms with van der Waals surface area (Å²) in [7, 11) is 0. The third-order valence-corrected chi connectivity index (χ3v) is 15.8. The number of fused-ring (bicyclic) bond motifs is 3. The Bertz CT molecular complexity index is 2560. The molecule has 0 saturated carbocycles. The molecule has 0 N–H and O–H groups in total. The number of nitrogens with zero attached hydrogens (tertiary/aromatic N) is 2. The summed E-state index contributed by atoms with van der Waals surface area (Å²) in [5, 5.41) is 4.30. The minimum absolute atomic E-state index is 0.0124. The first-order chi connectivity index (χ1) is 28.3. The predicted octanol–water partition coefficient (Wildman–Crippen LogP) is 18.1. The van der Waals surface area contributed by atoms with Crippen LogP contribution >= 0.6 is 22.9 Å². The molecule has 320 valence electrons. The second-order valence-electron chi connectivity index (χ2n) is 23.2. The van der Waals surface area contributed by atoms with Crippen LogP contribution in [-0.4, -0.2) is 0 Å². The predicted molar refractivity (Wildman–Crippen MR) is 269 cm³/mol. The summed E-state index contributed by atoms with van der Waals surface area (Å²) in [5.41, 5.74) is 16.5. The fraction of sp³-hybridized carbons (Fsp3) is 0.439. The summed E-state index contributed by atoms with van der Waals surface area (Å²) in [5.74, 6) is 0. The molecule has 2 aliphatic rings. The molecule has 2 nitrogen and oxygen atoms in total. The van der Waals surface area contributed by atoms with E-state index in [1.54, 1.807) is 11.3 Å². The van der Waals surface area contributed by atoms with Crippen molar-refractivity contribution in [1.29, 1.82) is 0 Å². The second-order valence-corrected chi connectivity index (χ2v) is 24.5. The topological polar surface area (TPSA) is 6.48 Å². The molecule has 6 aromatic rings. The third kappa shape index (κ3) is 7.86.